The standard InChI is InChI=1S/C11H12FN3O3/c1-6-2-8(15(17)18)3-9(10(6)12)11(16)14-7-4-13-5-7/h2-3,7,13H,4-5H2,1H3,(H,14,16). The molecule has 96 valence electrons. The van der Waals surface area contributed by atoms with E-state index in [1.54, 1.807) is 0 Å². The summed E-state index contributed by atoms with van der Waals surface area (Å²) < 4.78 is 13.8. The van der Waals surface area contributed by atoms with E-state index in [1.165, 1.54) is 6.92 Å². The van der Waals surface area contributed by atoms with E-state index in [0.717, 1.165) is 12.1 Å². The molecule has 1 aliphatic rings. The number of hydrogen-bond acceptors (Lipinski definition) is 4. The monoisotopic (exact) mass is 253 g/mol. The van der Waals surface area contributed by atoms with Crippen LogP contribution >= 0.6 is 0 Å². The number of amides is 1. The molecule has 1 saturated heterocycles. The Morgan fingerprint density at radius 1 is 1.56 bits per heavy atom. The zero-order valence-corrected chi connectivity index (χ0v) is 9.70. The van der Waals surface area contributed by atoms with Crippen molar-refractivity contribution >= 4 is 11.6 Å². The lowest BCUT2D eigenvalue weighted by molar-refractivity contribution is -0.385. The maximum absolute atomic E-state index is 13.8. The molecule has 0 saturated carbocycles. The number of benzene rings is 1. The van der Waals surface area contributed by atoms with Gasteiger partial charge >= 0.3 is 0 Å². The molecule has 0 radical (unpaired) electrons. The molecule has 1 aromatic carbocycles. The second-order valence-electron chi connectivity index (χ2n) is 4.21. The Hall–Kier alpha value is -2.02. The van der Waals surface area contributed by atoms with Crippen molar-refractivity contribution < 1.29 is 14.1 Å². The van der Waals surface area contributed by atoms with Crippen LogP contribution in [0.2, 0.25) is 0 Å². The van der Waals surface area contributed by atoms with E-state index in [9.17, 15) is 19.3 Å². The zero-order chi connectivity index (χ0) is 13.3. The average Bonchev–Trinajstić information content (AvgIpc) is 2.26. The van der Waals surface area contributed by atoms with Gasteiger partial charge < -0.3 is 10.6 Å². The Morgan fingerprint density at radius 2 is 2.22 bits per heavy atom. The molecule has 1 aliphatic heterocycles. The van der Waals surface area contributed by atoms with Crippen LogP contribution in [-0.2, 0) is 0 Å². The second-order valence-corrected chi connectivity index (χ2v) is 4.21. The fourth-order valence-corrected chi connectivity index (χ4v) is 1.68. The van der Waals surface area contributed by atoms with Crippen LogP contribution in [0.5, 0.6) is 0 Å². The van der Waals surface area contributed by atoms with E-state index >= 15 is 0 Å². The van der Waals surface area contributed by atoms with Crippen LogP contribution < -0.4 is 10.6 Å². The van der Waals surface area contributed by atoms with Gasteiger partial charge in [-0.2, -0.15) is 0 Å². The summed E-state index contributed by atoms with van der Waals surface area (Å²) in [4.78, 5) is 21.8. The highest BCUT2D eigenvalue weighted by atomic mass is 19.1. The number of carbonyl (C=O) groups is 1. The Kier molecular flexibility index (Phi) is 3.24. The topological polar surface area (TPSA) is 84.3 Å². The highest BCUT2D eigenvalue weighted by molar-refractivity contribution is 5.95. The van der Waals surface area contributed by atoms with Crippen molar-refractivity contribution in [3.05, 3.63) is 39.2 Å². The summed E-state index contributed by atoms with van der Waals surface area (Å²) in [6.45, 7) is 2.65. The molecule has 0 atom stereocenters. The molecular weight excluding hydrogens is 241 g/mol. The van der Waals surface area contributed by atoms with E-state index < -0.39 is 16.6 Å². The molecule has 1 amide bonds. The number of carbonyl (C=O) groups excluding carboxylic acids is 1. The molecular formula is C11H12FN3O3. The SMILES string of the molecule is Cc1cc([N+](=O)[O-])cc(C(=O)NC2CNC2)c1F. The van der Waals surface area contributed by atoms with E-state index in [1.807, 2.05) is 0 Å². The summed E-state index contributed by atoms with van der Waals surface area (Å²) in [6.07, 6.45) is 0. The fraction of sp³-hybridized carbons (Fsp3) is 0.364. The Labute approximate surface area is 102 Å². The lowest BCUT2D eigenvalue weighted by Gasteiger charge is -2.28. The van der Waals surface area contributed by atoms with Gasteiger partial charge in [0.25, 0.3) is 11.6 Å². The van der Waals surface area contributed by atoms with Crippen molar-refractivity contribution in [2.24, 2.45) is 0 Å². The number of halogens is 1. The molecule has 1 aromatic rings. The molecule has 0 unspecified atom stereocenters. The van der Waals surface area contributed by atoms with Crippen molar-refractivity contribution in [1.82, 2.24) is 10.6 Å². The van der Waals surface area contributed by atoms with Crippen molar-refractivity contribution in [2.75, 3.05) is 13.1 Å². The van der Waals surface area contributed by atoms with E-state index in [2.05, 4.69) is 10.6 Å². The number of hydrogen-bond donors (Lipinski definition) is 2. The minimum absolute atomic E-state index is 0.0449. The van der Waals surface area contributed by atoms with Crippen LogP contribution in [0.25, 0.3) is 0 Å². The van der Waals surface area contributed by atoms with Gasteiger partial charge in [-0.15, -0.1) is 0 Å². The van der Waals surface area contributed by atoms with Gasteiger partial charge in [-0.05, 0) is 12.5 Å². The summed E-state index contributed by atoms with van der Waals surface area (Å²) >= 11 is 0. The first-order chi connectivity index (χ1) is 8.49. The number of non-ortho nitro benzene ring substituents is 1. The van der Waals surface area contributed by atoms with Crippen LogP contribution in [0, 0.1) is 22.9 Å². The number of nitro groups is 1. The van der Waals surface area contributed by atoms with Crippen molar-refractivity contribution in [1.29, 1.82) is 0 Å². The van der Waals surface area contributed by atoms with Crippen LogP contribution in [-0.4, -0.2) is 30.0 Å². The van der Waals surface area contributed by atoms with Crippen LogP contribution in [0.15, 0.2) is 12.1 Å². The molecule has 1 heterocycles. The third-order valence-corrected chi connectivity index (χ3v) is 2.81. The predicted molar refractivity (Wildman–Crippen MR) is 61.9 cm³/mol. The largest absolute Gasteiger partial charge is 0.347 e. The Balaban J connectivity index is 2.29. The van der Waals surface area contributed by atoms with E-state index in [0.29, 0.717) is 13.1 Å². The molecule has 0 aliphatic carbocycles. The third-order valence-electron chi connectivity index (χ3n) is 2.81. The third kappa shape index (κ3) is 2.30. The van der Waals surface area contributed by atoms with Gasteiger partial charge in [0.05, 0.1) is 16.5 Å². The lowest BCUT2D eigenvalue weighted by Crippen LogP contribution is -2.57. The normalized spacial score (nSPS) is 15.0. The smallest absolute Gasteiger partial charge is 0.270 e. The molecule has 2 rings (SSSR count). The summed E-state index contributed by atoms with van der Waals surface area (Å²) in [5, 5.41) is 16.2. The molecule has 7 heteroatoms. The van der Waals surface area contributed by atoms with Crippen molar-refractivity contribution in [3.63, 3.8) is 0 Å². The van der Waals surface area contributed by atoms with Gasteiger partial charge in [0.2, 0.25) is 0 Å². The minimum atomic E-state index is -0.717. The Bertz CT molecular complexity index is 515. The summed E-state index contributed by atoms with van der Waals surface area (Å²) in [5.41, 5.74) is -0.486. The first-order valence-electron chi connectivity index (χ1n) is 5.45. The zero-order valence-electron chi connectivity index (χ0n) is 9.70. The van der Waals surface area contributed by atoms with Crippen LogP contribution in [0.3, 0.4) is 0 Å². The molecule has 0 bridgehead atoms. The van der Waals surface area contributed by atoms with Crippen molar-refractivity contribution in [3.8, 4) is 0 Å². The number of nitro benzene ring substituents is 1. The minimum Gasteiger partial charge on any atom is -0.347 e. The predicted octanol–water partition coefficient (Wildman–Crippen LogP) is 0.744. The molecule has 0 aromatic heterocycles. The average molecular weight is 253 g/mol. The van der Waals surface area contributed by atoms with Gasteiger partial charge in [0, 0.05) is 25.2 Å². The molecule has 6 nitrogen and oxygen atoms in total. The van der Waals surface area contributed by atoms with Gasteiger partial charge in [-0.1, -0.05) is 0 Å². The van der Waals surface area contributed by atoms with Gasteiger partial charge in [-0.25, -0.2) is 4.39 Å². The number of rotatable bonds is 3. The summed E-state index contributed by atoms with van der Waals surface area (Å²) in [5.74, 6) is -1.34. The Morgan fingerprint density at radius 3 is 2.72 bits per heavy atom. The summed E-state index contributed by atoms with van der Waals surface area (Å²) in [7, 11) is 0. The second kappa shape index (κ2) is 4.69. The lowest BCUT2D eigenvalue weighted by atomic mass is 10.1. The molecule has 1 fully saturated rings. The quantitative estimate of drug-likeness (QED) is 0.614. The maximum atomic E-state index is 13.8. The summed E-state index contributed by atoms with van der Waals surface area (Å²) in [6, 6.07) is 2.03. The van der Waals surface area contributed by atoms with E-state index in [4.69, 9.17) is 0 Å². The maximum Gasteiger partial charge on any atom is 0.270 e. The van der Waals surface area contributed by atoms with Crippen LogP contribution in [0.1, 0.15) is 15.9 Å². The first kappa shape index (κ1) is 12.4. The van der Waals surface area contributed by atoms with Crippen LogP contribution in [0.4, 0.5) is 10.1 Å². The number of nitrogens with one attached hydrogen (secondary N) is 2. The highest BCUT2D eigenvalue weighted by Crippen LogP contribution is 2.21. The van der Waals surface area contributed by atoms with E-state index in [-0.39, 0.29) is 22.9 Å². The number of aryl methyl sites for hydroxylation is 1. The first-order valence-corrected chi connectivity index (χ1v) is 5.45. The van der Waals surface area contributed by atoms with Gasteiger partial charge in [0.15, 0.2) is 0 Å². The molecule has 18 heavy (non-hydrogen) atoms. The highest BCUT2D eigenvalue weighted by Gasteiger charge is 2.24. The van der Waals surface area contributed by atoms with Crippen molar-refractivity contribution in [2.45, 2.75) is 13.0 Å². The fourth-order valence-electron chi connectivity index (χ4n) is 1.68. The molecule has 0 spiro atoms. The molecule has 2 N–H and O–H groups in total. The van der Waals surface area contributed by atoms with Gasteiger partial charge in [-0.3, -0.25) is 14.9 Å². The van der Waals surface area contributed by atoms with Gasteiger partial charge in [0.1, 0.15) is 5.82 Å². The number of nitrogens with zero attached hydrogens (tertiary/aromatic N) is 1.